The molecule has 61 heavy (non-hydrogen) atoms. The van der Waals surface area contributed by atoms with Crippen molar-refractivity contribution in [3.8, 4) is 5.75 Å². The Balaban J connectivity index is 1.26. The van der Waals surface area contributed by atoms with Crippen LogP contribution >= 0.6 is 11.8 Å². The number of carbonyl (C=O) groups is 6. The maximum absolute atomic E-state index is 14.0. The molecule has 334 valence electrons. The summed E-state index contributed by atoms with van der Waals surface area (Å²) in [5.74, 6) is -0.665. The minimum Gasteiger partial charge on any atom is -0.480 e. The lowest BCUT2D eigenvalue weighted by Gasteiger charge is -2.62. The summed E-state index contributed by atoms with van der Waals surface area (Å²) in [6.07, 6.45) is 6.55. The van der Waals surface area contributed by atoms with Gasteiger partial charge in [0, 0.05) is 25.8 Å². The Kier molecular flexibility index (Phi) is 15.4. The van der Waals surface area contributed by atoms with Crippen LogP contribution in [0, 0.1) is 22.7 Å². The van der Waals surface area contributed by atoms with Crippen LogP contribution in [-0.4, -0.2) is 88.9 Å². The lowest BCUT2D eigenvalue weighted by Crippen LogP contribution is -2.58. The van der Waals surface area contributed by atoms with Crippen molar-refractivity contribution in [1.82, 2.24) is 21.3 Å². The number of benzene rings is 2. The largest absolute Gasteiger partial charge is 0.514 e. The highest BCUT2D eigenvalue weighted by Crippen LogP contribution is 2.66. The molecule has 4 aliphatic carbocycles. The number of hydrogen-bond donors (Lipinski definition) is 5. The molecule has 5 N–H and O–H groups in total. The Morgan fingerprint density at radius 3 is 1.89 bits per heavy atom. The van der Waals surface area contributed by atoms with E-state index < -0.39 is 53.5 Å². The number of thioether (sulfide) groups is 1. The summed E-state index contributed by atoms with van der Waals surface area (Å²) in [6.45, 7) is 10.8. The molecule has 2 aromatic rings. The second kappa shape index (κ2) is 19.9. The van der Waals surface area contributed by atoms with Gasteiger partial charge in [-0.15, -0.1) is 0 Å². The van der Waals surface area contributed by atoms with E-state index in [2.05, 4.69) is 21.3 Å². The van der Waals surface area contributed by atoms with E-state index in [1.807, 2.05) is 36.6 Å². The van der Waals surface area contributed by atoms with Gasteiger partial charge in [-0.05, 0) is 144 Å². The smallest absolute Gasteiger partial charge is 0.480 e. The highest BCUT2D eigenvalue weighted by molar-refractivity contribution is 7.98. The summed E-state index contributed by atoms with van der Waals surface area (Å²) in [4.78, 5) is 78.9. The zero-order valence-corrected chi connectivity index (χ0v) is 37.4. The van der Waals surface area contributed by atoms with Crippen molar-refractivity contribution in [3.05, 3.63) is 65.7 Å². The van der Waals surface area contributed by atoms with Gasteiger partial charge in [-0.25, -0.2) is 14.4 Å². The predicted octanol–water partition coefficient (Wildman–Crippen LogP) is 6.58. The fraction of sp³-hybridized carbons (Fsp3) is 0.609. The van der Waals surface area contributed by atoms with Gasteiger partial charge in [-0.3, -0.25) is 14.4 Å². The zero-order chi connectivity index (χ0) is 44.6. The molecule has 0 aromatic heterocycles. The fourth-order valence-electron chi connectivity index (χ4n) is 9.83. The molecular weight excluding hydrogens is 801 g/mol. The van der Waals surface area contributed by atoms with Crippen LogP contribution in [0.1, 0.15) is 104 Å². The van der Waals surface area contributed by atoms with Gasteiger partial charge in [0.1, 0.15) is 35.1 Å². The highest BCUT2D eigenvalue weighted by Gasteiger charge is 2.58. The third kappa shape index (κ3) is 14.4. The number of aliphatic carboxylic acids is 1. The number of ether oxygens (including phenoxy) is 3. The van der Waals surface area contributed by atoms with Gasteiger partial charge in [0.05, 0.1) is 0 Å². The molecule has 0 spiro atoms. The Morgan fingerprint density at radius 2 is 1.31 bits per heavy atom. The summed E-state index contributed by atoms with van der Waals surface area (Å²) in [5, 5.41) is 21.4. The first-order valence-electron chi connectivity index (χ1n) is 21.3. The third-order valence-electron chi connectivity index (χ3n) is 11.6. The summed E-state index contributed by atoms with van der Waals surface area (Å²) in [6, 6.07) is 13.0. The van der Waals surface area contributed by atoms with Crippen molar-refractivity contribution in [2.75, 3.05) is 18.6 Å². The van der Waals surface area contributed by atoms with Crippen molar-refractivity contribution >= 4 is 47.7 Å². The molecule has 4 bridgehead atoms. The van der Waals surface area contributed by atoms with Crippen molar-refractivity contribution in [3.63, 3.8) is 0 Å². The van der Waals surface area contributed by atoms with Gasteiger partial charge in [0.2, 0.25) is 17.7 Å². The molecular formula is C46H64N4O10S. The average Bonchev–Trinajstić information content (AvgIpc) is 3.13. The second-order valence-electron chi connectivity index (χ2n) is 19.5. The van der Waals surface area contributed by atoms with Gasteiger partial charge < -0.3 is 40.6 Å². The first-order valence-corrected chi connectivity index (χ1v) is 22.6. The number of nitrogens with one attached hydrogen (secondary N) is 4. The zero-order valence-electron chi connectivity index (χ0n) is 36.6. The van der Waals surface area contributed by atoms with E-state index in [1.165, 1.54) is 11.8 Å². The van der Waals surface area contributed by atoms with Gasteiger partial charge in [0.15, 0.2) is 0 Å². The second-order valence-corrected chi connectivity index (χ2v) is 20.4. The van der Waals surface area contributed by atoms with Crippen LogP contribution in [0.4, 0.5) is 9.59 Å². The van der Waals surface area contributed by atoms with Gasteiger partial charge in [-0.1, -0.05) is 42.5 Å². The van der Waals surface area contributed by atoms with Crippen LogP contribution in [0.15, 0.2) is 54.6 Å². The molecule has 4 amide bonds. The lowest BCUT2D eigenvalue weighted by molar-refractivity contribution is -0.144. The van der Waals surface area contributed by atoms with Crippen molar-refractivity contribution in [2.24, 2.45) is 22.7 Å². The third-order valence-corrected chi connectivity index (χ3v) is 12.2. The van der Waals surface area contributed by atoms with Gasteiger partial charge in [0.25, 0.3) is 0 Å². The van der Waals surface area contributed by atoms with Crippen LogP contribution in [0.5, 0.6) is 5.75 Å². The molecule has 7 atom stereocenters. The minimum absolute atomic E-state index is 0.142. The summed E-state index contributed by atoms with van der Waals surface area (Å²) in [7, 11) is 0. The SMILES string of the molecule is CSCC[C@H](NC(=O)[C@H](Cc1ccccc1)NC(=O)CC12C[C@@H]3C[C@@H](CC(CNC(=O)[C@H](Cc4ccc(OC(=O)OC(C)(C)C)cc4)NC(=O)OC(C)(C)C)(C3)C1)C2)C(=O)O. The van der Waals surface area contributed by atoms with Crippen molar-refractivity contribution in [2.45, 2.75) is 135 Å². The Bertz CT molecular complexity index is 1860. The molecule has 4 aliphatic rings. The Labute approximate surface area is 363 Å². The summed E-state index contributed by atoms with van der Waals surface area (Å²) < 4.78 is 16.0. The maximum Gasteiger partial charge on any atom is 0.514 e. The first kappa shape index (κ1) is 47.3. The molecule has 0 saturated heterocycles. The average molecular weight is 865 g/mol. The molecule has 0 aliphatic heterocycles. The number of carboxylic acids is 1. The number of hydrogen-bond acceptors (Lipinski definition) is 10. The number of rotatable bonds is 18. The Hall–Kier alpha value is -4.79. The molecule has 4 fully saturated rings. The van der Waals surface area contributed by atoms with Crippen molar-refractivity contribution < 1.29 is 48.1 Å². The van der Waals surface area contributed by atoms with Crippen LogP contribution in [0.3, 0.4) is 0 Å². The monoisotopic (exact) mass is 864 g/mol. The molecule has 6 rings (SSSR count). The van der Waals surface area contributed by atoms with Gasteiger partial charge >= 0.3 is 18.2 Å². The highest BCUT2D eigenvalue weighted by atomic mass is 32.2. The quantitative estimate of drug-likeness (QED) is 0.0802. The molecule has 2 aromatic carbocycles. The van der Waals surface area contributed by atoms with E-state index in [0.717, 1.165) is 44.1 Å². The summed E-state index contributed by atoms with van der Waals surface area (Å²) in [5.41, 5.74) is -0.510. The van der Waals surface area contributed by atoms with E-state index >= 15 is 0 Å². The summed E-state index contributed by atoms with van der Waals surface area (Å²) >= 11 is 1.49. The number of carbonyl (C=O) groups excluding carboxylic acids is 5. The standard InChI is InChI=1S/C46H64N4O10S/c1-43(2,3)59-41(56)50-35(21-30-13-15-33(16-14-30)58-42(57)60-44(4,5)6)38(52)47-28-46-24-31-19-32(25-46)23-45(22-31,27-46)26-37(51)48-36(20-29-11-9-8-10-12-29)39(53)49-34(40(54)55)17-18-61-7/h8-16,31-32,34-36H,17-28H2,1-7H3,(H,47,52)(H,48,51)(H,49,53)(H,50,56)(H,54,55)/t31-,32+,34-,35-,36-,45?,46?/m0/s1. The lowest BCUT2D eigenvalue weighted by atomic mass is 9.43. The van der Waals surface area contributed by atoms with E-state index in [4.69, 9.17) is 14.2 Å². The van der Waals surface area contributed by atoms with Crippen molar-refractivity contribution in [1.29, 1.82) is 0 Å². The number of carboxylic acid groups (broad SMARTS) is 1. The van der Waals surface area contributed by atoms with Gasteiger partial charge in [-0.2, -0.15) is 11.8 Å². The maximum atomic E-state index is 14.0. The fourth-order valence-corrected chi connectivity index (χ4v) is 10.3. The van der Waals surface area contributed by atoms with Crippen LogP contribution in [0.2, 0.25) is 0 Å². The van der Waals surface area contributed by atoms with Crippen LogP contribution in [-0.2, 0) is 41.5 Å². The van der Waals surface area contributed by atoms with E-state index in [0.29, 0.717) is 29.7 Å². The molecule has 0 heterocycles. The van der Waals surface area contributed by atoms with Crippen LogP contribution < -0.4 is 26.0 Å². The van der Waals surface area contributed by atoms with Crippen LogP contribution in [0.25, 0.3) is 0 Å². The topological polar surface area (TPSA) is 198 Å². The minimum atomic E-state index is -1.12. The molecule has 14 nitrogen and oxygen atoms in total. The molecule has 15 heteroatoms. The Morgan fingerprint density at radius 1 is 0.738 bits per heavy atom. The molecule has 4 saturated carbocycles. The normalized spacial score (nSPS) is 23.1. The molecule has 0 radical (unpaired) electrons. The number of alkyl carbamates (subject to hydrolysis) is 1. The van der Waals surface area contributed by atoms with E-state index in [-0.39, 0.29) is 54.1 Å². The first-order chi connectivity index (χ1) is 28.6. The predicted molar refractivity (Wildman–Crippen MR) is 232 cm³/mol. The van der Waals surface area contributed by atoms with E-state index in [9.17, 15) is 33.9 Å². The van der Waals surface area contributed by atoms with E-state index in [1.54, 1.807) is 65.8 Å². The number of amides is 4. The molecule has 2 unspecified atom stereocenters.